The van der Waals surface area contributed by atoms with E-state index in [9.17, 15) is 0 Å². The van der Waals surface area contributed by atoms with E-state index in [0.717, 1.165) is 17.7 Å². The van der Waals surface area contributed by atoms with E-state index in [-0.39, 0.29) is 0 Å². The molecule has 0 aliphatic carbocycles. The lowest BCUT2D eigenvalue weighted by molar-refractivity contribution is 0.801. The minimum atomic E-state index is 0.541. The molecule has 0 fully saturated rings. The van der Waals surface area contributed by atoms with Gasteiger partial charge < -0.3 is 5.73 Å². The van der Waals surface area contributed by atoms with Crippen molar-refractivity contribution in [1.82, 2.24) is 9.78 Å². The van der Waals surface area contributed by atoms with Crippen LogP contribution in [0.25, 0.3) is 5.69 Å². The van der Waals surface area contributed by atoms with E-state index in [1.165, 1.54) is 5.69 Å². The summed E-state index contributed by atoms with van der Waals surface area (Å²) >= 11 is 0. The highest BCUT2D eigenvalue weighted by molar-refractivity contribution is 5.41. The second-order valence-corrected chi connectivity index (χ2v) is 3.42. The van der Waals surface area contributed by atoms with Crippen molar-refractivity contribution in [3.63, 3.8) is 0 Å². The normalized spacial score (nSPS) is 10.5. The summed E-state index contributed by atoms with van der Waals surface area (Å²) in [6.45, 7) is 2.66. The summed E-state index contributed by atoms with van der Waals surface area (Å²) in [5.74, 6) is 0. The second kappa shape index (κ2) is 4.28. The van der Waals surface area contributed by atoms with Crippen molar-refractivity contribution in [3.8, 4) is 5.69 Å². The molecule has 2 aromatic rings. The number of hydrogen-bond acceptors (Lipinski definition) is 2. The zero-order chi connectivity index (χ0) is 10.7. The molecule has 3 heteroatoms. The van der Waals surface area contributed by atoms with E-state index in [2.05, 4.69) is 12.0 Å². The van der Waals surface area contributed by atoms with Crippen molar-refractivity contribution in [2.24, 2.45) is 5.73 Å². The van der Waals surface area contributed by atoms with Gasteiger partial charge in [0, 0.05) is 18.4 Å². The van der Waals surface area contributed by atoms with Crippen LogP contribution in [-0.4, -0.2) is 9.78 Å². The zero-order valence-corrected chi connectivity index (χ0v) is 8.85. The van der Waals surface area contributed by atoms with Gasteiger partial charge in [0.1, 0.15) is 0 Å². The van der Waals surface area contributed by atoms with Gasteiger partial charge in [-0.1, -0.05) is 25.1 Å². The van der Waals surface area contributed by atoms with Gasteiger partial charge >= 0.3 is 0 Å². The Morgan fingerprint density at radius 2 is 2.07 bits per heavy atom. The summed E-state index contributed by atoms with van der Waals surface area (Å²) in [6.07, 6.45) is 2.80. The largest absolute Gasteiger partial charge is 0.326 e. The van der Waals surface area contributed by atoms with Crippen LogP contribution in [-0.2, 0) is 13.0 Å². The van der Waals surface area contributed by atoms with Crippen molar-refractivity contribution in [3.05, 3.63) is 47.8 Å². The molecule has 0 saturated heterocycles. The number of aromatic nitrogens is 2. The third-order valence-electron chi connectivity index (χ3n) is 2.52. The SMILES string of the molecule is CCc1ccnn1-c1ccccc1CN. The van der Waals surface area contributed by atoms with Crippen LogP contribution in [0, 0.1) is 0 Å². The average Bonchev–Trinajstić information content (AvgIpc) is 2.76. The first-order valence-corrected chi connectivity index (χ1v) is 5.18. The van der Waals surface area contributed by atoms with E-state index in [1.54, 1.807) is 0 Å². The maximum atomic E-state index is 5.71. The van der Waals surface area contributed by atoms with Crippen LogP contribution >= 0.6 is 0 Å². The highest BCUT2D eigenvalue weighted by Gasteiger charge is 2.06. The van der Waals surface area contributed by atoms with Crippen molar-refractivity contribution in [2.45, 2.75) is 19.9 Å². The van der Waals surface area contributed by atoms with Crippen LogP contribution in [0.15, 0.2) is 36.5 Å². The Labute approximate surface area is 89.5 Å². The molecule has 0 aliphatic rings. The van der Waals surface area contributed by atoms with Gasteiger partial charge in [0.25, 0.3) is 0 Å². The number of para-hydroxylation sites is 1. The Balaban J connectivity index is 2.53. The van der Waals surface area contributed by atoms with Gasteiger partial charge in [0.05, 0.1) is 5.69 Å². The summed E-state index contributed by atoms with van der Waals surface area (Å²) in [5.41, 5.74) is 9.12. The predicted molar refractivity (Wildman–Crippen MR) is 60.8 cm³/mol. The van der Waals surface area contributed by atoms with Crippen LogP contribution in [0.2, 0.25) is 0 Å². The molecule has 15 heavy (non-hydrogen) atoms. The number of aryl methyl sites for hydroxylation is 1. The first-order valence-electron chi connectivity index (χ1n) is 5.18. The Morgan fingerprint density at radius 1 is 1.27 bits per heavy atom. The van der Waals surface area contributed by atoms with Gasteiger partial charge in [-0.3, -0.25) is 0 Å². The highest BCUT2D eigenvalue weighted by Crippen LogP contribution is 2.15. The quantitative estimate of drug-likeness (QED) is 0.824. The van der Waals surface area contributed by atoms with Crippen molar-refractivity contribution >= 4 is 0 Å². The molecule has 3 nitrogen and oxygen atoms in total. The van der Waals surface area contributed by atoms with Gasteiger partial charge in [-0.05, 0) is 24.1 Å². The molecule has 2 rings (SSSR count). The van der Waals surface area contributed by atoms with E-state index in [4.69, 9.17) is 5.73 Å². The van der Waals surface area contributed by atoms with Gasteiger partial charge in [-0.2, -0.15) is 5.10 Å². The number of benzene rings is 1. The second-order valence-electron chi connectivity index (χ2n) is 3.42. The first kappa shape index (κ1) is 9.93. The number of hydrogen-bond donors (Lipinski definition) is 1. The lowest BCUT2D eigenvalue weighted by Crippen LogP contribution is -2.07. The maximum Gasteiger partial charge on any atom is 0.0693 e. The van der Waals surface area contributed by atoms with Gasteiger partial charge in [0.15, 0.2) is 0 Å². The summed E-state index contributed by atoms with van der Waals surface area (Å²) in [7, 11) is 0. The summed E-state index contributed by atoms with van der Waals surface area (Å²) in [5, 5.41) is 4.33. The Morgan fingerprint density at radius 3 is 2.80 bits per heavy atom. The van der Waals surface area contributed by atoms with Gasteiger partial charge in [-0.15, -0.1) is 0 Å². The van der Waals surface area contributed by atoms with Gasteiger partial charge in [0.2, 0.25) is 0 Å². The third kappa shape index (κ3) is 1.78. The Kier molecular flexibility index (Phi) is 2.83. The fourth-order valence-electron chi connectivity index (χ4n) is 1.71. The monoisotopic (exact) mass is 201 g/mol. The lowest BCUT2D eigenvalue weighted by atomic mass is 10.1. The molecule has 0 unspecified atom stereocenters. The number of nitrogens with two attached hydrogens (primary N) is 1. The zero-order valence-electron chi connectivity index (χ0n) is 8.85. The fourth-order valence-corrected chi connectivity index (χ4v) is 1.71. The Hall–Kier alpha value is -1.61. The summed E-state index contributed by atoms with van der Waals surface area (Å²) in [6, 6.07) is 10.1. The molecule has 0 aliphatic heterocycles. The molecule has 2 N–H and O–H groups in total. The molecule has 0 radical (unpaired) electrons. The topological polar surface area (TPSA) is 43.8 Å². The predicted octanol–water partition coefficient (Wildman–Crippen LogP) is 1.89. The standard InChI is InChI=1S/C12H15N3/c1-2-11-7-8-14-15(11)12-6-4-3-5-10(12)9-13/h3-8H,2,9,13H2,1H3. The average molecular weight is 201 g/mol. The molecule has 1 aromatic heterocycles. The molecular formula is C12H15N3. The summed E-state index contributed by atoms with van der Waals surface area (Å²) < 4.78 is 1.96. The minimum Gasteiger partial charge on any atom is -0.326 e. The molecule has 0 atom stereocenters. The van der Waals surface area contributed by atoms with E-state index < -0.39 is 0 Å². The number of nitrogens with zero attached hydrogens (tertiary/aromatic N) is 2. The molecule has 0 bridgehead atoms. The van der Waals surface area contributed by atoms with Crippen LogP contribution in [0.3, 0.4) is 0 Å². The van der Waals surface area contributed by atoms with E-state index in [1.807, 2.05) is 41.2 Å². The van der Waals surface area contributed by atoms with Gasteiger partial charge in [-0.25, -0.2) is 4.68 Å². The lowest BCUT2D eigenvalue weighted by Gasteiger charge is -2.10. The Bertz CT molecular complexity index is 446. The molecule has 1 heterocycles. The fraction of sp³-hybridized carbons (Fsp3) is 0.250. The maximum absolute atomic E-state index is 5.71. The van der Waals surface area contributed by atoms with Crippen LogP contribution < -0.4 is 5.73 Å². The van der Waals surface area contributed by atoms with Crippen LogP contribution in [0.5, 0.6) is 0 Å². The molecule has 0 amide bonds. The van der Waals surface area contributed by atoms with E-state index >= 15 is 0 Å². The van der Waals surface area contributed by atoms with Crippen molar-refractivity contribution < 1.29 is 0 Å². The van der Waals surface area contributed by atoms with Crippen LogP contribution in [0.1, 0.15) is 18.2 Å². The molecule has 0 saturated carbocycles. The first-order chi connectivity index (χ1) is 7.36. The van der Waals surface area contributed by atoms with Crippen LogP contribution in [0.4, 0.5) is 0 Å². The smallest absolute Gasteiger partial charge is 0.0693 e. The molecular weight excluding hydrogens is 186 g/mol. The van der Waals surface area contributed by atoms with Crippen molar-refractivity contribution in [2.75, 3.05) is 0 Å². The van der Waals surface area contributed by atoms with Crippen molar-refractivity contribution in [1.29, 1.82) is 0 Å². The summed E-state index contributed by atoms with van der Waals surface area (Å²) in [4.78, 5) is 0. The molecule has 78 valence electrons. The minimum absolute atomic E-state index is 0.541. The van der Waals surface area contributed by atoms with E-state index in [0.29, 0.717) is 6.54 Å². The molecule has 1 aromatic carbocycles. The highest BCUT2D eigenvalue weighted by atomic mass is 15.3. The third-order valence-corrected chi connectivity index (χ3v) is 2.52. The molecule has 0 spiro atoms. The number of rotatable bonds is 3.